The van der Waals surface area contributed by atoms with E-state index in [1.807, 2.05) is 42.2 Å². The van der Waals surface area contributed by atoms with Crippen LogP contribution in [0.25, 0.3) is 22.4 Å². The highest BCUT2D eigenvalue weighted by molar-refractivity contribution is 5.85. The van der Waals surface area contributed by atoms with Crippen molar-refractivity contribution in [2.75, 3.05) is 44.2 Å². The molecule has 0 N–H and O–H groups in total. The molecule has 4 rings (SSSR count). The molecule has 1 saturated heterocycles. The molecule has 7 heteroatoms. The molecule has 3 aromatic rings. The van der Waals surface area contributed by atoms with Crippen LogP contribution in [0.1, 0.15) is 33.6 Å². The highest BCUT2D eigenvalue weighted by Crippen LogP contribution is 2.24. The van der Waals surface area contributed by atoms with Crippen molar-refractivity contribution >= 4 is 17.6 Å². The van der Waals surface area contributed by atoms with Crippen LogP contribution in [0, 0.1) is 5.92 Å². The number of rotatable bonds is 9. The smallest absolute Gasteiger partial charge is 0.242 e. The van der Waals surface area contributed by atoms with Gasteiger partial charge in [-0.3, -0.25) is 9.59 Å². The molecule has 7 nitrogen and oxygen atoms in total. The minimum atomic E-state index is 0.0186. The van der Waals surface area contributed by atoms with Gasteiger partial charge < -0.3 is 14.7 Å². The maximum atomic E-state index is 12.9. The van der Waals surface area contributed by atoms with Crippen molar-refractivity contribution in [2.24, 2.45) is 5.92 Å². The van der Waals surface area contributed by atoms with Crippen molar-refractivity contribution in [3.63, 3.8) is 0 Å². The first kappa shape index (κ1) is 26.3. The van der Waals surface area contributed by atoms with Crippen molar-refractivity contribution in [3.05, 3.63) is 66.7 Å². The zero-order valence-electron chi connectivity index (χ0n) is 22.1. The van der Waals surface area contributed by atoms with Crippen LogP contribution in [0.3, 0.4) is 0 Å². The first-order chi connectivity index (χ1) is 18.0. The molecule has 1 aromatic heterocycles. The highest BCUT2D eigenvalue weighted by atomic mass is 16.2. The minimum absolute atomic E-state index is 0.0186. The average molecular weight is 500 g/mol. The fourth-order valence-electron chi connectivity index (χ4n) is 4.54. The second kappa shape index (κ2) is 12.5. The van der Waals surface area contributed by atoms with E-state index in [4.69, 9.17) is 0 Å². The Labute approximate surface area is 220 Å². The number of benzene rings is 2. The van der Waals surface area contributed by atoms with E-state index in [2.05, 4.69) is 65.3 Å². The van der Waals surface area contributed by atoms with E-state index in [1.165, 1.54) is 11.1 Å². The third kappa shape index (κ3) is 6.73. The number of hydrogen-bond donors (Lipinski definition) is 0. The standard InChI is InChI=1S/C30H37N5O2/c1-4-23(3)21-35(29(36)5-2)22-30(37)34-19-17-33(18-20-34)28-16-15-27(31-32-28)26-13-11-25(12-14-26)24-9-7-6-8-10-24/h6-16,23H,4-5,17-22H2,1-3H3. The predicted molar refractivity (Wildman–Crippen MR) is 148 cm³/mol. The van der Waals surface area contributed by atoms with Gasteiger partial charge in [0.15, 0.2) is 5.82 Å². The summed E-state index contributed by atoms with van der Waals surface area (Å²) in [4.78, 5) is 31.0. The van der Waals surface area contributed by atoms with E-state index >= 15 is 0 Å². The molecule has 0 spiro atoms. The quantitative estimate of drug-likeness (QED) is 0.425. The molecule has 2 aromatic carbocycles. The SMILES string of the molecule is CCC(=O)N(CC(=O)N1CCN(c2ccc(-c3ccc(-c4ccccc4)cc3)nn2)CC1)CC(C)CC. The second-order valence-electron chi connectivity index (χ2n) is 9.73. The lowest BCUT2D eigenvalue weighted by Gasteiger charge is -2.36. The minimum Gasteiger partial charge on any atom is -0.352 e. The summed E-state index contributed by atoms with van der Waals surface area (Å²) in [6.07, 6.45) is 1.41. The maximum Gasteiger partial charge on any atom is 0.242 e. The van der Waals surface area contributed by atoms with Crippen LogP contribution in [-0.4, -0.2) is 71.1 Å². The summed E-state index contributed by atoms with van der Waals surface area (Å²) < 4.78 is 0. The van der Waals surface area contributed by atoms with Gasteiger partial charge in [-0.25, -0.2) is 0 Å². The second-order valence-corrected chi connectivity index (χ2v) is 9.73. The van der Waals surface area contributed by atoms with Gasteiger partial charge in [-0.1, -0.05) is 81.8 Å². The molecule has 0 bridgehead atoms. The molecule has 2 heterocycles. The van der Waals surface area contributed by atoms with Crippen LogP contribution in [0.2, 0.25) is 0 Å². The van der Waals surface area contributed by atoms with E-state index in [9.17, 15) is 9.59 Å². The van der Waals surface area contributed by atoms with Crippen LogP contribution in [0.5, 0.6) is 0 Å². The van der Waals surface area contributed by atoms with E-state index in [1.54, 1.807) is 4.90 Å². The first-order valence-electron chi connectivity index (χ1n) is 13.3. The maximum absolute atomic E-state index is 12.9. The fraction of sp³-hybridized carbons (Fsp3) is 0.400. The topological polar surface area (TPSA) is 69.6 Å². The number of amides is 2. The van der Waals surface area contributed by atoms with Crippen LogP contribution >= 0.6 is 0 Å². The normalized spacial score (nSPS) is 14.4. The summed E-state index contributed by atoms with van der Waals surface area (Å²) in [7, 11) is 0. The Kier molecular flexibility index (Phi) is 8.88. The van der Waals surface area contributed by atoms with Crippen molar-refractivity contribution < 1.29 is 9.59 Å². The van der Waals surface area contributed by atoms with Gasteiger partial charge in [0.05, 0.1) is 12.2 Å². The lowest BCUT2D eigenvalue weighted by molar-refractivity contribution is -0.141. The van der Waals surface area contributed by atoms with Gasteiger partial charge in [0.2, 0.25) is 11.8 Å². The largest absolute Gasteiger partial charge is 0.352 e. The summed E-state index contributed by atoms with van der Waals surface area (Å²) in [6.45, 7) is 9.48. The molecular weight excluding hydrogens is 462 g/mol. The predicted octanol–water partition coefficient (Wildman–Crippen LogP) is 4.74. The number of anilines is 1. The first-order valence-corrected chi connectivity index (χ1v) is 13.3. The number of aromatic nitrogens is 2. The van der Waals surface area contributed by atoms with Crippen LogP contribution < -0.4 is 4.90 Å². The van der Waals surface area contributed by atoms with Gasteiger partial charge in [0.25, 0.3) is 0 Å². The number of piperazine rings is 1. The molecule has 0 saturated carbocycles. The summed E-state index contributed by atoms with van der Waals surface area (Å²) >= 11 is 0. The van der Waals surface area contributed by atoms with Crippen molar-refractivity contribution in [3.8, 4) is 22.4 Å². The molecule has 37 heavy (non-hydrogen) atoms. The Morgan fingerprint density at radius 3 is 2.08 bits per heavy atom. The van der Waals surface area contributed by atoms with Gasteiger partial charge >= 0.3 is 0 Å². The third-order valence-corrected chi connectivity index (χ3v) is 7.10. The van der Waals surface area contributed by atoms with Crippen LogP contribution in [0.4, 0.5) is 5.82 Å². The molecule has 0 aliphatic carbocycles. The molecule has 0 radical (unpaired) electrons. The molecule has 194 valence electrons. The molecule has 1 aliphatic rings. The zero-order valence-corrected chi connectivity index (χ0v) is 22.1. The van der Waals surface area contributed by atoms with E-state index < -0.39 is 0 Å². The summed E-state index contributed by atoms with van der Waals surface area (Å²) in [5, 5.41) is 8.94. The summed E-state index contributed by atoms with van der Waals surface area (Å²) in [6, 6.07) is 22.7. The Hall–Kier alpha value is -3.74. The molecule has 1 unspecified atom stereocenters. The Morgan fingerprint density at radius 2 is 1.49 bits per heavy atom. The average Bonchev–Trinajstić information content (AvgIpc) is 2.97. The number of nitrogens with zero attached hydrogens (tertiary/aromatic N) is 5. The summed E-state index contributed by atoms with van der Waals surface area (Å²) in [5.41, 5.74) is 4.22. The van der Waals surface area contributed by atoms with Gasteiger partial charge in [0.1, 0.15) is 0 Å². The van der Waals surface area contributed by atoms with Gasteiger partial charge in [-0.05, 0) is 29.2 Å². The number of carbonyl (C=O) groups is 2. The Balaban J connectivity index is 1.32. The van der Waals surface area contributed by atoms with Crippen molar-refractivity contribution in [1.82, 2.24) is 20.0 Å². The van der Waals surface area contributed by atoms with E-state index in [0.717, 1.165) is 23.5 Å². The van der Waals surface area contributed by atoms with E-state index in [-0.39, 0.29) is 18.4 Å². The highest BCUT2D eigenvalue weighted by Gasteiger charge is 2.25. The van der Waals surface area contributed by atoms with Crippen LogP contribution in [0.15, 0.2) is 66.7 Å². The zero-order chi connectivity index (χ0) is 26.2. The molecule has 2 amide bonds. The lowest BCUT2D eigenvalue weighted by Crippen LogP contribution is -2.52. The monoisotopic (exact) mass is 499 g/mol. The van der Waals surface area contributed by atoms with Gasteiger partial charge in [-0.15, -0.1) is 10.2 Å². The fourth-order valence-corrected chi connectivity index (χ4v) is 4.54. The Bertz CT molecular complexity index is 1160. The van der Waals surface area contributed by atoms with Crippen molar-refractivity contribution in [1.29, 1.82) is 0 Å². The van der Waals surface area contributed by atoms with Gasteiger partial charge in [-0.2, -0.15) is 0 Å². The van der Waals surface area contributed by atoms with Crippen LogP contribution in [-0.2, 0) is 9.59 Å². The number of carbonyl (C=O) groups excluding carboxylic acids is 2. The molecular formula is C30H37N5O2. The molecule has 1 aliphatic heterocycles. The molecule has 1 atom stereocenters. The number of hydrogen-bond acceptors (Lipinski definition) is 5. The lowest BCUT2D eigenvalue weighted by atomic mass is 10.0. The van der Waals surface area contributed by atoms with E-state index in [0.29, 0.717) is 45.1 Å². The third-order valence-electron chi connectivity index (χ3n) is 7.10. The Morgan fingerprint density at radius 1 is 0.838 bits per heavy atom. The van der Waals surface area contributed by atoms with Gasteiger partial charge in [0, 0.05) is 44.7 Å². The summed E-state index contributed by atoms with van der Waals surface area (Å²) in [5.74, 6) is 1.25. The van der Waals surface area contributed by atoms with Crippen molar-refractivity contribution in [2.45, 2.75) is 33.6 Å². The molecule has 1 fully saturated rings.